The molecule has 1 fully saturated rings. The van der Waals surface area contributed by atoms with Crippen molar-refractivity contribution in [3.8, 4) is 0 Å². The minimum absolute atomic E-state index is 0.0498. The fraction of sp³-hybridized carbons (Fsp3) is 0.625. The SMILES string of the molecule is CC(C)CC(C)NS(=O)(=O)c1ccc(CNC2CC2)cc1. The monoisotopic (exact) mass is 310 g/mol. The van der Waals surface area contributed by atoms with Gasteiger partial charge < -0.3 is 5.32 Å². The van der Waals surface area contributed by atoms with E-state index in [0.717, 1.165) is 18.5 Å². The largest absolute Gasteiger partial charge is 0.310 e. The van der Waals surface area contributed by atoms with Crippen molar-refractivity contribution in [2.45, 2.75) is 63.6 Å². The van der Waals surface area contributed by atoms with E-state index in [0.29, 0.717) is 16.9 Å². The van der Waals surface area contributed by atoms with Crippen LogP contribution in [0.15, 0.2) is 29.2 Å². The van der Waals surface area contributed by atoms with Crippen LogP contribution in [0.4, 0.5) is 0 Å². The van der Waals surface area contributed by atoms with Gasteiger partial charge in [0.25, 0.3) is 0 Å². The Morgan fingerprint density at radius 1 is 1.14 bits per heavy atom. The van der Waals surface area contributed by atoms with Crippen molar-refractivity contribution >= 4 is 10.0 Å². The molecule has 1 saturated carbocycles. The summed E-state index contributed by atoms with van der Waals surface area (Å²) in [4.78, 5) is 0.341. The van der Waals surface area contributed by atoms with Gasteiger partial charge in [0.2, 0.25) is 10.0 Å². The Morgan fingerprint density at radius 3 is 2.29 bits per heavy atom. The Hall–Kier alpha value is -0.910. The Kier molecular flexibility index (Phi) is 5.41. The summed E-state index contributed by atoms with van der Waals surface area (Å²) in [6.45, 7) is 6.90. The Bertz CT molecular complexity index is 548. The van der Waals surface area contributed by atoms with Crippen LogP contribution in [0.5, 0.6) is 0 Å². The predicted octanol–water partition coefficient (Wildman–Crippen LogP) is 2.65. The topological polar surface area (TPSA) is 58.2 Å². The van der Waals surface area contributed by atoms with Gasteiger partial charge in [-0.3, -0.25) is 0 Å². The van der Waals surface area contributed by atoms with Crippen molar-refractivity contribution in [2.24, 2.45) is 5.92 Å². The van der Waals surface area contributed by atoms with Crippen LogP contribution in [-0.4, -0.2) is 20.5 Å². The average molecular weight is 310 g/mol. The van der Waals surface area contributed by atoms with Crippen LogP contribution in [0.25, 0.3) is 0 Å². The molecule has 0 bridgehead atoms. The van der Waals surface area contributed by atoms with Gasteiger partial charge in [-0.25, -0.2) is 13.1 Å². The van der Waals surface area contributed by atoms with Crippen molar-refractivity contribution in [1.82, 2.24) is 10.0 Å². The van der Waals surface area contributed by atoms with Crippen molar-refractivity contribution < 1.29 is 8.42 Å². The molecule has 0 heterocycles. The number of nitrogens with one attached hydrogen (secondary N) is 2. The highest BCUT2D eigenvalue weighted by atomic mass is 32.2. The lowest BCUT2D eigenvalue weighted by molar-refractivity contribution is 0.482. The van der Waals surface area contributed by atoms with E-state index in [2.05, 4.69) is 23.9 Å². The Morgan fingerprint density at radius 2 is 1.76 bits per heavy atom. The molecule has 1 unspecified atom stereocenters. The van der Waals surface area contributed by atoms with Crippen molar-refractivity contribution in [1.29, 1.82) is 0 Å². The molecule has 1 aliphatic carbocycles. The van der Waals surface area contributed by atoms with Gasteiger partial charge in [-0.15, -0.1) is 0 Å². The van der Waals surface area contributed by atoms with E-state index >= 15 is 0 Å². The quantitative estimate of drug-likeness (QED) is 0.776. The predicted molar refractivity (Wildman–Crippen MR) is 85.5 cm³/mol. The van der Waals surface area contributed by atoms with E-state index in [1.54, 1.807) is 12.1 Å². The minimum atomic E-state index is -3.41. The van der Waals surface area contributed by atoms with Gasteiger partial charge in [0.05, 0.1) is 4.90 Å². The van der Waals surface area contributed by atoms with Gasteiger partial charge in [0.1, 0.15) is 0 Å². The van der Waals surface area contributed by atoms with Gasteiger partial charge in [-0.05, 0) is 49.8 Å². The van der Waals surface area contributed by atoms with E-state index in [1.165, 1.54) is 12.8 Å². The normalized spacial score (nSPS) is 17.1. The first-order valence-electron chi connectivity index (χ1n) is 7.71. The molecule has 1 atom stereocenters. The zero-order valence-corrected chi connectivity index (χ0v) is 13.9. The van der Waals surface area contributed by atoms with E-state index in [4.69, 9.17) is 0 Å². The maximum absolute atomic E-state index is 12.3. The third-order valence-corrected chi connectivity index (χ3v) is 5.19. The molecule has 1 aromatic rings. The second kappa shape index (κ2) is 6.90. The molecule has 0 radical (unpaired) electrons. The van der Waals surface area contributed by atoms with E-state index in [9.17, 15) is 8.42 Å². The molecule has 1 aliphatic rings. The van der Waals surface area contributed by atoms with Crippen LogP contribution in [0, 0.1) is 5.92 Å². The lowest BCUT2D eigenvalue weighted by Crippen LogP contribution is -2.33. The summed E-state index contributed by atoms with van der Waals surface area (Å²) in [5, 5.41) is 3.42. The molecular formula is C16H26N2O2S. The summed E-state index contributed by atoms with van der Waals surface area (Å²) in [6, 6.07) is 7.76. The molecule has 5 heteroatoms. The molecule has 21 heavy (non-hydrogen) atoms. The molecule has 0 spiro atoms. The summed E-state index contributed by atoms with van der Waals surface area (Å²) in [7, 11) is -3.41. The Labute approximate surface area is 128 Å². The van der Waals surface area contributed by atoms with Crippen LogP contribution in [0.1, 0.15) is 45.6 Å². The summed E-state index contributed by atoms with van der Waals surface area (Å²) in [5.74, 6) is 0.471. The summed E-state index contributed by atoms with van der Waals surface area (Å²) < 4.78 is 27.3. The molecule has 4 nitrogen and oxygen atoms in total. The van der Waals surface area contributed by atoms with Gasteiger partial charge in [-0.1, -0.05) is 26.0 Å². The molecule has 0 amide bonds. The first-order valence-corrected chi connectivity index (χ1v) is 9.20. The average Bonchev–Trinajstić information content (AvgIpc) is 3.19. The molecule has 0 saturated heterocycles. The first kappa shape index (κ1) is 16.5. The summed E-state index contributed by atoms with van der Waals surface area (Å²) in [5.41, 5.74) is 1.12. The fourth-order valence-corrected chi connectivity index (χ4v) is 3.68. The summed E-state index contributed by atoms with van der Waals surface area (Å²) in [6.07, 6.45) is 3.34. The number of hydrogen-bond donors (Lipinski definition) is 2. The van der Waals surface area contributed by atoms with Crippen LogP contribution < -0.4 is 10.0 Å². The van der Waals surface area contributed by atoms with Crippen LogP contribution in [-0.2, 0) is 16.6 Å². The molecule has 0 aromatic heterocycles. The van der Waals surface area contributed by atoms with E-state index in [-0.39, 0.29) is 6.04 Å². The van der Waals surface area contributed by atoms with Crippen LogP contribution in [0.3, 0.4) is 0 Å². The number of benzene rings is 1. The van der Waals surface area contributed by atoms with Crippen LogP contribution in [0.2, 0.25) is 0 Å². The smallest absolute Gasteiger partial charge is 0.240 e. The minimum Gasteiger partial charge on any atom is -0.310 e. The van der Waals surface area contributed by atoms with Crippen molar-refractivity contribution in [3.05, 3.63) is 29.8 Å². The second-order valence-electron chi connectivity index (χ2n) is 6.45. The molecule has 2 rings (SSSR count). The number of sulfonamides is 1. The fourth-order valence-electron chi connectivity index (χ4n) is 2.42. The van der Waals surface area contributed by atoms with Gasteiger partial charge >= 0.3 is 0 Å². The van der Waals surface area contributed by atoms with E-state index in [1.807, 2.05) is 19.1 Å². The third-order valence-electron chi connectivity index (χ3n) is 3.59. The molecular weight excluding hydrogens is 284 g/mol. The van der Waals surface area contributed by atoms with Gasteiger partial charge in [0.15, 0.2) is 0 Å². The summed E-state index contributed by atoms with van der Waals surface area (Å²) >= 11 is 0. The van der Waals surface area contributed by atoms with Gasteiger partial charge in [-0.2, -0.15) is 0 Å². The lowest BCUT2D eigenvalue weighted by atomic mass is 10.1. The standard InChI is InChI=1S/C16H26N2O2S/c1-12(2)10-13(3)18-21(19,20)16-8-4-14(5-9-16)11-17-15-6-7-15/h4-5,8-9,12-13,15,17-18H,6-7,10-11H2,1-3H3. The maximum Gasteiger partial charge on any atom is 0.240 e. The molecule has 2 N–H and O–H groups in total. The molecule has 0 aliphatic heterocycles. The Balaban J connectivity index is 1.95. The van der Waals surface area contributed by atoms with Crippen molar-refractivity contribution in [3.63, 3.8) is 0 Å². The molecule has 1 aromatic carbocycles. The van der Waals surface area contributed by atoms with Gasteiger partial charge in [0, 0.05) is 18.6 Å². The third kappa shape index (κ3) is 5.41. The first-order chi connectivity index (χ1) is 9.87. The van der Waals surface area contributed by atoms with Crippen molar-refractivity contribution in [2.75, 3.05) is 0 Å². The zero-order valence-electron chi connectivity index (χ0n) is 13.1. The number of rotatable bonds is 8. The molecule has 118 valence electrons. The highest BCUT2D eigenvalue weighted by molar-refractivity contribution is 7.89. The highest BCUT2D eigenvalue weighted by Gasteiger charge is 2.20. The highest BCUT2D eigenvalue weighted by Crippen LogP contribution is 2.19. The van der Waals surface area contributed by atoms with E-state index < -0.39 is 10.0 Å². The maximum atomic E-state index is 12.3. The lowest BCUT2D eigenvalue weighted by Gasteiger charge is -2.16. The second-order valence-corrected chi connectivity index (χ2v) is 8.16. The van der Waals surface area contributed by atoms with Crippen LogP contribution >= 0.6 is 0 Å². The zero-order chi connectivity index (χ0) is 15.5. The number of hydrogen-bond acceptors (Lipinski definition) is 3.